The van der Waals surface area contributed by atoms with Crippen LogP contribution in [0.15, 0.2) is 12.2 Å². The summed E-state index contributed by atoms with van der Waals surface area (Å²) in [5.41, 5.74) is 0. The lowest BCUT2D eigenvalue weighted by Gasteiger charge is -2.03. The van der Waals surface area contributed by atoms with E-state index < -0.39 is 5.97 Å². The van der Waals surface area contributed by atoms with Crippen molar-refractivity contribution in [2.75, 3.05) is 13.1 Å². The number of unbranched alkanes of at least 4 members (excludes halogenated alkanes) is 12. The first kappa shape index (κ1) is 23.2. The molecule has 24 heavy (non-hydrogen) atoms. The number of carbonyl (C=O) groups is 1. The van der Waals surface area contributed by atoms with Gasteiger partial charge in [-0.15, -0.1) is 0 Å². The van der Waals surface area contributed by atoms with Crippen LogP contribution in [0.4, 0.5) is 0 Å². The van der Waals surface area contributed by atoms with E-state index in [0.29, 0.717) is 6.54 Å². The summed E-state index contributed by atoms with van der Waals surface area (Å²) in [6, 6.07) is 0. The van der Waals surface area contributed by atoms with Gasteiger partial charge in [-0.3, -0.25) is 4.79 Å². The van der Waals surface area contributed by atoms with Crippen LogP contribution >= 0.6 is 0 Å². The first-order chi connectivity index (χ1) is 11.8. The molecule has 0 saturated carbocycles. The Balaban J connectivity index is 3.06. The van der Waals surface area contributed by atoms with Gasteiger partial charge in [-0.05, 0) is 38.6 Å². The predicted molar refractivity (Wildman–Crippen MR) is 105 cm³/mol. The number of aliphatic carboxylic acids is 1. The maximum absolute atomic E-state index is 10.3. The number of nitrogens with one attached hydrogen (secondary N) is 1. The van der Waals surface area contributed by atoms with Gasteiger partial charge in [0.2, 0.25) is 0 Å². The second-order valence-electron chi connectivity index (χ2n) is 6.83. The van der Waals surface area contributed by atoms with Crippen LogP contribution in [-0.4, -0.2) is 24.2 Å². The minimum Gasteiger partial charge on any atom is -0.481 e. The van der Waals surface area contributed by atoms with Gasteiger partial charge in [-0.1, -0.05) is 76.9 Å². The topological polar surface area (TPSA) is 49.3 Å². The van der Waals surface area contributed by atoms with Crippen LogP contribution in [0.25, 0.3) is 0 Å². The molecule has 0 rings (SSSR count). The van der Waals surface area contributed by atoms with E-state index in [1.54, 1.807) is 0 Å². The van der Waals surface area contributed by atoms with Crippen LogP contribution in [0.2, 0.25) is 0 Å². The van der Waals surface area contributed by atoms with E-state index >= 15 is 0 Å². The number of hydrogen-bond donors (Lipinski definition) is 2. The molecule has 0 amide bonds. The SMILES string of the molecule is CCCCCCCC/C=C\CCCCCCCCNCCC(=O)O. The minimum absolute atomic E-state index is 0.229. The standard InChI is InChI=1S/C21H41NO2/c1-2-3-4-5-6-7-8-9-10-11-12-13-14-15-16-17-19-22-20-18-21(23)24/h9-10,22H,2-8,11-20H2,1H3,(H,23,24)/b10-9-. The molecular weight excluding hydrogens is 298 g/mol. The lowest BCUT2D eigenvalue weighted by molar-refractivity contribution is -0.136. The number of carboxylic acids is 1. The van der Waals surface area contributed by atoms with E-state index in [9.17, 15) is 4.79 Å². The van der Waals surface area contributed by atoms with Gasteiger partial charge in [-0.2, -0.15) is 0 Å². The Labute approximate surface area is 150 Å². The molecule has 0 fully saturated rings. The fourth-order valence-electron chi connectivity index (χ4n) is 2.82. The average molecular weight is 340 g/mol. The quantitative estimate of drug-likeness (QED) is 0.221. The van der Waals surface area contributed by atoms with Crippen LogP contribution in [0, 0.1) is 0 Å². The highest BCUT2D eigenvalue weighted by atomic mass is 16.4. The van der Waals surface area contributed by atoms with E-state index in [1.807, 2.05) is 0 Å². The van der Waals surface area contributed by atoms with Gasteiger partial charge in [0.15, 0.2) is 0 Å². The van der Waals surface area contributed by atoms with E-state index in [0.717, 1.165) is 13.0 Å². The highest BCUT2D eigenvalue weighted by Crippen LogP contribution is 2.09. The Morgan fingerprint density at radius 2 is 1.25 bits per heavy atom. The highest BCUT2D eigenvalue weighted by Gasteiger charge is 1.95. The second kappa shape index (κ2) is 20.2. The van der Waals surface area contributed by atoms with Crippen LogP contribution in [0.3, 0.4) is 0 Å². The van der Waals surface area contributed by atoms with Crippen molar-refractivity contribution in [3.8, 4) is 0 Å². The summed E-state index contributed by atoms with van der Waals surface area (Å²) in [6.07, 6.45) is 23.5. The summed E-state index contributed by atoms with van der Waals surface area (Å²) >= 11 is 0. The molecule has 0 bridgehead atoms. The molecule has 0 aromatic heterocycles. The van der Waals surface area contributed by atoms with Gasteiger partial charge in [0.05, 0.1) is 6.42 Å². The normalized spacial score (nSPS) is 11.4. The summed E-state index contributed by atoms with van der Waals surface area (Å²) in [5.74, 6) is -0.719. The lowest BCUT2D eigenvalue weighted by Crippen LogP contribution is -2.19. The maximum Gasteiger partial charge on any atom is 0.304 e. The zero-order valence-electron chi connectivity index (χ0n) is 16.0. The summed E-state index contributed by atoms with van der Waals surface area (Å²) < 4.78 is 0. The molecular formula is C21H41NO2. The van der Waals surface area contributed by atoms with E-state index in [4.69, 9.17) is 5.11 Å². The van der Waals surface area contributed by atoms with Crippen molar-refractivity contribution in [3.63, 3.8) is 0 Å². The van der Waals surface area contributed by atoms with Gasteiger partial charge in [0.25, 0.3) is 0 Å². The molecule has 0 radical (unpaired) electrons. The third-order valence-corrected chi connectivity index (χ3v) is 4.38. The fourth-order valence-corrected chi connectivity index (χ4v) is 2.82. The zero-order valence-corrected chi connectivity index (χ0v) is 16.0. The molecule has 0 heterocycles. The molecule has 3 nitrogen and oxygen atoms in total. The summed E-state index contributed by atoms with van der Waals surface area (Å²) in [7, 11) is 0. The van der Waals surface area contributed by atoms with Gasteiger partial charge in [-0.25, -0.2) is 0 Å². The molecule has 0 saturated heterocycles. The van der Waals surface area contributed by atoms with Gasteiger partial charge >= 0.3 is 5.97 Å². The first-order valence-electron chi connectivity index (χ1n) is 10.3. The number of carboxylic acid groups (broad SMARTS) is 1. The second-order valence-corrected chi connectivity index (χ2v) is 6.83. The molecule has 142 valence electrons. The molecule has 0 aromatic carbocycles. The van der Waals surface area contributed by atoms with Crippen LogP contribution in [0.1, 0.15) is 103 Å². The summed E-state index contributed by atoms with van der Waals surface area (Å²) in [6.45, 7) is 3.82. The lowest BCUT2D eigenvalue weighted by atomic mass is 10.1. The van der Waals surface area contributed by atoms with Crippen molar-refractivity contribution in [1.29, 1.82) is 0 Å². The maximum atomic E-state index is 10.3. The monoisotopic (exact) mass is 339 g/mol. The molecule has 0 aromatic rings. The predicted octanol–water partition coefficient (Wildman–Crippen LogP) is 6.09. The average Bonchev–Trinajstić information content (AvgIpc) is 2.56. The number of rotatable bonds is 19. The third kappa shape index (κ3) is 21.2. The fraction of sp³-hybridized carbons (Fsp3) is 0.857. The van der Waals surface area contributed by atoms with Crippen molar-refractivity contribution in [2.24, 2.45) is 0 Å². The van der Waals surface area contributed by atoms with E-state index in [2.05, 4.69) is 24.4 Å². The molecule has 0 aliphatic rings. The van der Waals surface area contributed by atoms with Crippen LogP contribution < -0.4 is 5.32 Å². The Morgan fingerprint density at radius 3 is 1.79 bits per heavy atom. The highest BCUT2D eigenvalue weighted by molar-refractivity contribution is 5.66. The van der Waals surface area contributed by atoms with Crippen LogP contribution in [0.5, 0.6) is 0 Å². The van der Waals surface area contributed by atoms with Gasteiger partial charge < -0.3 is 10.4 Å². The molecule has 0 unspecified atom stereocenters. The minimum atomic E-state index is -0.719. The smallest absolute Gasteiger partial charge is 0.304 e. The van der Waals surface area contributed by atoms with Crippen molar-refractivity contribution in [2.45, 2.75) is 103 Å². The first-order valence-corrected chi connectivity index (χ1v) is 10.3. The van der Waals surface area contributed by atoms with Crippen molar-refractivity contribution in [1.82, 2.24) is 5.32 Å². The summed E-state index contributed by atoms with van der Waals surface area (Å²) in [4.78, 5) is 10.3. The number of hydrogen-bond acceptors (Lipinski definition) is 2. The van der Waals surface area contributed by atoms with Gasteiger partial charge in [0, 0.05) is 6.54 Å². The van der Waals surface area contributed by atoms with Crippen molar-refractivity contribution >= 4 is 5.97 Å². The molecule has 3 heteroatoms. The molecule has 2 N–H and O–H groups in total. The summed E-state index contributed by atoms with van der Waals surface area (Å²) in [5, 5.41) is 11.7. The van der Waals surface area contributed by atoms with Crippen molar-refractivity contribution in [3.05, 3.63) is 12.2 Å². The molecule has 0 spiro atoms. The Hall–Kier alpha value is -0.830. The Bertz CT molecular complexity index is 290. The largest absolute Gasteiger partial charge is 0.481 e. The molecule has 0 aliphatic carbocycles. The molecule has 0 aliphatic heterocycles. The third-order valence-electron chi connectivity index (χ3n) is 4.38. The zero-order chi connectivity index (χ0) is 17.7. The van der Waals surface area contributed by atoms with Gasteiger partial charge in [0.1, 0.15) is 0 Å². The Morgan fingerprint density at radius 1 is 0.750 bits per heavy atom. The number of allylic oxidation sites excluding steroid dienone is 2. The van der Waals surface area contributed by atoms with Crippen LogP contribution in [-0.2, 0) is 4.79 Å². The molecule has 0 atom stereocenters. The van der Waals surface area contributed by atoms with E-state index in [1.165, 1.54) is 83.5 Å². The van der Waals surface area contributed by atoms with E-state index in [-0.39, 0.29) is 6.42 Å². The van der Waals surface area contributed by atoms with Crippen molar-refractivity contribution < 1.29 is 9.90 Å². The Kier molecular flexibility index (Phi) is 19.5.